The van der Waals surface area contributed by atoms with Crippen molar-refractivity contribution in [1.82, 2.24) is 15.1 Å². The molecule has 2 aliphatic heterocycles. The number of hydrogen-bond acceptors (Lipinski definition) is 3. The van der Waals surface area contributed by atoms with E-state index in [4.69, 9.17) is 0 Å². The van der Waals surface area contributed by atoms with Crippen LogP contribution < -0.4 is 5.32 Å². The molecule has 0 aromatic rings. The number of amides is 1. The molecule has 114 valence electrons. The molecular weight excluding hydrogens is 250 g/mol. The summed E-state index contributed by atoms with van der Waals surface area (Å²) in [4.78, 5) is 16.8. The molecule has 0 aromatic heterocycles. The van der Waals surface area contributed by atoms with Gasteiger partial charge in [0, 0.05) is 51.7 Å². The highest BCUT2D eigenvalue weighted by Crippen LogP contribution is 2.28. The van der Waals surface area contributed by atoms with Gasteiger partial charge < -0.3 is 10.2 Å². The van der Waals surface area contributed by atoms with Crippen molar-refractivity contribution in [3.05, 3.63) is 0 Å². The lowest BCUT2D eigenvalue weighted by Gasteiger charge is -2.47. The SMILES string of the molecule is O=C(CCC1CCCCC1)N1CC(N2CCNCC2)C1. The monoisotopic (exact) mass is 279 g/mol. The molecule has 3 rings (SSSR count). The molecule has 0 aromatic carbocycles. The van der Waals surface area contributed by atoms with Crippen molar-refractivity contribution in [2.75, 3.05) is 39.3 Å². The molecule has 2 saturated heterocycles. The maximum absolute atomic E-state index is 12.2. The van der Waals surface area contributed by atoms with Crippen LogP contribution in [0.5, 0.6) is 0 Å². The van der Waals surface area contributed by atoms with Crippen LogP contribution in [0.2, 0.25) is 0 Å². The second kappa shape index (κ2) is 6.90. The Morgan fingerprint density at radius 1 is 1.05 bits per heavy atom. The summed E-state index contributed by atoms with van der Waals surface area (Å²) in [6.45, 7) is 6.45. The Kier molecular flexibility index (Phi) is 4.94. The molecule has 0 bridgehead atoms. The van der Waals surface area contributed by atoms with Gasteiger partial charge in [0.25, 0.3) is 0 Å². The Labute approximate surface area is 122 Å². The maximum Gasteiger partial charge on any atom is 0.222 e. The van der Waals surface area contributed by atoms with E-state index in [1.165, 1.54) is 32.1 Å². The van der Waals surface area contributed by atoms with Crippen LogP contribution in [0, 0.1) is 5.92 Å². The zero-order chi connectivity index (χ0) is 13.8. The van der Waals surface area contributed by atoms with Crippen LogP contribution in [-0.2, 0) is 4.79 Å². The van der Waals surface area contributed by atoms with E-state index in [-0.39, 0.29) is 0 Å². The predicted molar refractivity (Wildman–Crippen MR) is 80.6 cm³/mol. The van der Waals surface area contributed by atoms with Crippen LogP contribution in [0.1, 0.15) is 44.9 Å². The molecule has 1 N–H and O–H groups in total. The normalized spacial score (nSPS) is 26.5. The van der Waals surface area contributed by atoms with Gasteiger partial charge in [-0.1, -0.05) is 32.1 Å². The van der Waals surface area contributed by atoms with Crippen molar-refractivity contribution >= 4 is 5.91 Å². The summed E-state index contributed by atoms with van der Waals surface area (Å²) in [5.41, 5.74) is 0. The highest BCUT2D eigenvalue weighted by atomic mass is 16.2. The van der Waals surface area contributed by atoms with Gasteiger partial charge in [-0.2, -0.15) is 0 Å². The zero-order valence-corrected chi connectivity index (χ0v) is 12.6. The van der Waals surface area contributed by atoms with Crippen LogP contribution >= 0.6 is 0 Å². The number of hydrogen-bond donors (Lipinski definition) is 1. The van der Waals surface area contributed by atoms with E-state index in [0.717, 1.165) is 58.0 Å². The third-order valence-electron chi connectivity index (χ3n) is 5.37. The van der Waals surface area contributed by atoms with Crippen molar-refractivity contribution < 1.29 is 4.79 Å². The smallest absolute Gasteiger partial charge is 0.222 e. The summed E-state index contributed by atoms with van der Waals surface area (Å²) >= 11 is 0. The van der Waals surface area contributed by atoms with Crippen LogP contribution in [0.25, 0.3) is 0 Å². The van der Waals surface area contributed by atoms with E-state index >= 15 is 0 Å². The van der Waals surface area contributed by atoms with Gasteiger partial charge in [0.15, 0.2) is 0 Å². The number of likely N-dealkylation sites (tertiary alicyclic amines) is 1. The minimum atomic E-state index is 0.405. The molecule has 1 aliphatic carbocycles. The topological polar surface area (TPSA) is 35.6 Å². The van der Waals surface area contributed by atoms with E-state index in [1.54, 1.807) is 0 Å². The van der Waals surface area contributed by atoms with Crippen molar-refractivity contribution in [2.45, 2.75) is 51.0 Å². The summed E-state index contributed by atoms with van der Waals surface area (Å²) in [5, 5.41) is 3.39. The summed E-state index contributed by atoms with van der Waals surface area (Å²) in [6.07, 6.45) is 8.81. The van der Waals surface area contributed by atoms with Gasteiger partial charge >= 0.3 is 0 Å². The van der Waals surface area contributed by atoms with Crippen molar-refractivity contribution in [2.24, 2.45) is 5.92 Å². The van der Waals surface area contributed by atoms with E-state index in [0.29, 0.717) is 11.9 Å². The number of piperazine rings is 1. The Bertz CT molecular complexity index is 316. The van der Waals surface area contributed by atoms with Gasteiger partial charge in [0.1, 0.15) is 0 Å². The zero-order valence-electron chi connectivity index (χ0n) is 12.6. The molecule has 1 amide bonds. The van der Waals surface area contributed by atoms with Gasteiger partial charge in [-0.05, 0) is 12.3 Å². The van der Waals surface area contributed by atoms with Gasteiger partial charge in [-0.25, -0.2) is 0 Å². The van der Waals surface area contributed by atoms with Crippen LogP contribution in [-0.4, -0.2) is 61.0 Å². The van der Waals surface area contributed by atoms with E-state index in [9.17, 15) is 4.79 Å². The number of nitrogens with one attached hydrogen (secondary N) is 1. The second-order valence-electron chi connectivity index (χ2n) is 6.78. The van der Waals surface area contributed by atoms with Crippen LogP contribution in [0.3, 0.4) is 0 Å². The standard InChI is InChI=1S/C16H29N3O/c20-16(7-6-14-4-2-1-3-5-14)19-12-15(13-19)18-10-8-17-9-11-18/h14-15,17H,1-13H2. The van der Waals surface area contributed by atoms with Gasteiger partial charge in [-0.15, -0.1) is 0 Å². The first kappa shape index (κ1) is 14.3. The van der Waals surface area contributed by atoms with Gasteiger partial charge in [0.2, 0.25) is 5.91 Å². The maximum atomic E-state index is 12.2. The van der Waals surface area contributed by atoms with Crippen LogP contribution in [0.4, 0.5) is 0 Å². The lowest BCUT2D eigenvalue weighted by molar-refractivity contribution is -0.139. The summed E-state index contributed by atoms with van der Waals surface area (Å²) in [6, 6.07) is 0.635. The molecule has 20 heavy (non-hydrogen) atoms. The lowest BCUT2D eigenvalue weighted by atomic mass is 9.86. The van der Waals surface area contributed by atoms with Gasteiger partial charge in [-0.3, -0.25) is 9.69 Å². The predicted octanol–water partition coefficient (Wildman–Crippen LogP) is 1.46. The second-order valence-corrected chi connectivity index (χ2v) is 6.78. The third-order valence-corrected chi connectivity index (χ3v) is 5.37. The Hall–Kier alpha value is -0.610. The van der Waals surface area contributed by atoms with Crippen molar-refractivity contribution in [1.29, 1.82) is 0 Å². The molecule has 3 fully saturated rings. The largest absolute Gasteiger partial charge is 0.339 e. The fourth-order valence-electron chi connectivity index (χ4n) is 3.90. The fraction of sp³-hybridized carbons (Fsp3) is 0.938. The molecule has 4 heteroatoms. The molecule has 1 saturated carbocycles. The molecule has 0 radical (unpaired) electrons. The first-order valence-electron chi connectivity index (χ1n) is 8.55. The Balaban J connectivity index is 1.33. The Morgan fingerprint density at radius 2 is 1.75 bits per heavy atom. The first-order chi connectivity index (χ1) is 9.83. The molecule has 3 aliphatic rings. The summed E-state index contributed by atoms with van der Waals surface area (Å²) < 4.78 is 0. The van der Waals surface area contributed by atoms with E-state index in [2.05, 4.69) is 15.1 Å². The van der Waals surface area contributed by atoms with E-state index < -0.39 is 0 Å². The number of carbonyl (C=O) groups excluding carboxylic acids is 1. The number of rotatable bonds is 4. The highest BCUT2D eigenvalue weighted by Gasteiger charge is 2.34. The average molecular weight is 279 g/mol. The average Bonchev–Trinajstić information content (AvgIpc) is 2.46. The minimum Gasteiger partial charge on any atom is -0.339 e. The number of nitrogens with zero attached hydrogens (tertiary/aromatic N) is 2. The minimum absolute atomic E-state index is 0.405. The van der Waals surface area contributed by atoms with Gasteiger partial charge in [0.05, 0.1) is 0 Å². The van der Waals surface area contributed by atoms with Crippen molar-refractivity contribution in [3.8, 4) is 0 Å². The molecule has 4 nitrogen and oxygen atoms in total. The molecule has 0 unspecified atom stereocenters. The fourth-order valence-corrected chi connectivity index (χ4v) is 3.90. The molecule has 2 heterocycles. The van der Waals surface area contributed by atoms with Crippen LogP contribution in [0.15, 0.2) is 0 Å². The summed E-state index contributed by atoms with van der Waals surface area (Å²) in [5.74, 6) is 1.24. The van der Waals surface area contributed by atoms with Crippen molar-refractivity contribution in [3.63, 3.8) is 0 Å². The lowest BCUT2D eigenvalue weighted by Crippen LogP contribution is -2.63. The quantitative estimate of drug-likeness (QED) is 0.846. The molecule has 0 spiro atoms. The molecular formula is C16H29N3O. The number of carbonyl (C=O) groups is 1. The highest BCUT2D eigenvalue weighted by molar-refractivity contribution is 5.77. The van der Waals surface area contributed by atoms with E-state index in [1.807, 2.05) is 0 Å². The summed E-state index contributed by atoms with van der Waals surface area (Å²) in [7, 11) is 0. The third kappa shape index (κ3) is 3.53. The Morgan fingerprint density at radius 3 is 2.45 bits per heavy atom. The first-order valence-corrected chi connectivity index (χ1v) is 8.55. The molecule has 0 atom stereocenters.